The SMILES string of the molecule is CN(c1cccc(Cl)c1)S(=O)(=O)c1cccc(C(=O)OCC(=O)NC2(C#N)CCCCC2)c1. The first-order valence-corrected chi connectivity index (χ1v) is 12.2. The summed E-state index contributed by atoms with van der Waals surface area (Å²) in [5, 5.41) is 12.5. The first-order valence-electron chi connectivity index (χ1n) is 10.4. The van der Waals surface area contributed by atoms with E-state index < -0.39 is 34.0 Å². The zero-order valence-electron chi connectivity index (χ0n) is 18.1. The number of nitriles is 1. The maximum Gasteiger partial charge on any atom is 0.338 e. The highest BCUT2D eigenvalue weighted by Crippen LogP contribution is 2.28. The van der Waals surface area contributed by atoms with Gasteiger partial charge >= 0.3 is 5.97 Å². The predicted octanol–water partition coefficient (Wildman–Crippen LogP) is 3.66. The Morgan fingerprint density at radius 1 is 1.15 bits per heavy atom. The fourth-order valence-corrected chi connectivity index (χ4v) is 5.11. The fraction of sp³-hybridized carbons (Fsp3) is 0.348. The third-order valence-electron chi connectivity index (χ3n) is 5.53. The number of halogens is 1. The van der Waals surface area contributed by atoms with Gasteiger partial charge in [0, 0.05) is 12.1 Å². The smallest absolute Gasteiger partial charge is 0.338 e. The number of nitrogens with zero attached hydrogens (tertiary/aromatic N) is 2. The molecule has 1 fully saturated rings. The van der Waals surface area contributed by atoms with Gasteiger partial charge in [0.2, 0.25) is 0 Å². The fourth-order valence-electron chi connectivity index (χ4n) is 3.69. The molecule has 0 heterocycles. The molecule has 1 amide bonds. The van der Waals surface area contributed by atoms with Gasteiger partial charge in [-0.25, -0.2) is 13.2 Å². The van der Waals surface area contributed by atoms with Gasteiger partial charge in [0.15, 0.2) is 6.61 Å². The van der Waals surface area contributed by atoms with Crippen molar-refractivity contribution in [3.8, 4) is 6.07 Å². The molecule has 0 saturated heterocycles. The molecule has 0 unspecified atom stereocenters. The Bertz CT molecular complexity index is 1190. The summed E-state index contributed by atoms with van der Waals surface area (Å²) >= 11 is 5.96. The molecule has 0 aliphatic heterocycles. The van der Waals surface area contributed by atoms with Crippen LogP contribution in [0.25, 0.3) is 0 Å². The average Bonchev–Trinajstić information content (AvgIpc) is 2.82. The lowest BCUT2D eigenvalue weighted by atomic mass is 9.83. The van der Waals surface area contributed by atoms with E-state index in [-0.39, 0.29) is 10.5 Å². The van der Waals surface area contributed by atoms with Crippen molar-refractivity contribution in [1.82, 2.24) is 5.32 Å². The predicted molar refractivity (Wildman–Crippen MR) is 123 cm³/mol. The molecule has 0 atom stereocenters. The van der Waals surface area contributed by atoms with E-state index >= 15 is 0 Å². The minimum atomic E-state index is -3.98. The van der Waals surface area contributed by atoms with Crippen molar-refractivity contribution in [2.75, 3.05) is 18.0 Å². The minimum absolute atomic E-state index is 0.0176. The second kappa shape index (κ2) is 10.2. The number of ether oxygens (including phenoxy) is 1. The number of benzene rings is 2. The van der Waals surface area contributed by atoms with E-state index in [2.05, 4.69) is 11.4 Å². The van der Waals surface area contributed by atoms with Gasteiger partial charge in [0.25, 0.3) is 15.9 Å². The molecular formula is C23H24ClN3O5S. The van der Waals surface area contributed by atoms with Crippen molar-refractivity contribution >= 4 is 39.2 Å². The van der Waals surface area contributed by atoms with Gasteiger partial charge in [-0.2, -0.15) is 5.26 Å². The molecule has 1 aliphatic carbocycles. The van der Waals surface area contributed by atoms with Crippen LogP contribution >= 0.6 is 11.6 Å². The summed E-state index contributed by atoms with van der Waals surface area (Å²) in [5.41, 5.74) is -0.585. The minimum Gasteiger partial charge on any atom is -0.452 e. The van der Waals surface area contributed by atoms with Crippen molar-refractivity contribution in [1.29, 1.82) is 5.26 Å². The van der Waals surface area contributed by atoms with Crippen molar-refractivity contribution in [3.63, 3.8) is 0 Å². The molecule has 3 rings (SSSR count). The number of sulfonamides is 1. The Morgan fingerprint density at radius 3 is 2.52 bits per heavy atom. The third-order valence-corrected chi connectivity index (χ3v) is 7.55. The Labute approximate surface area is 198 Å². The van der Waals surface area contributed by atoms with E-state index in [1.807, 2.05) is 0 Å². The van der Waals surface area contributed by atoms with Crippen molar-refractivity contribution in [2.24, 2.45) is 0 Å². The van der Waals surface area contributed by atoms with Gasteiger partial charge in [-0.1, -0.05) is 43.0 Å². The van der Waals surface area contributed by atoms with Gasteiger partial charge in [0.05, 0.1) is 22.2 Å². The Balaban J connectivity index is 1.68. The van der Waals surface area contributed by atoms with Crippen molar-refractivity contribution in [3.05, 3.63) is 59.1 Å². The maximum atomic E-state index is 13.0. The molecule has 0 bridgehead atoms. The molecule has 2 aromatic rings. The monoisotopic (exact) mass is 489 g/mol. The number of esters is 1. The number of carbonyl (C=O) groups is 2. The molecule has 1 N–H and O–H groups in total. The van der Waals surface area contributed by atoms with Crippen LogP contribution in [0.15, 0.2) is 53.4 Å². The van der Waals surface area contributed by atoms with Crippen LogP contribution in [-0.4, -0.2) is 39.5 Å². The Hall–Kier alpha value is -3.09. The van der Waals surface area contributed by atoms with Gasteiger partial charge in [-0.15, -0.1) is 0 Å². The van der Waals surface area contributed by atoms with Crippen molar-refractivity contribution < 1.29 is 22.7 Å². The summed E-state index contributed by atoms with van der Waals surface area (Å²) in [6.07, 6.45) is 3.82. The molecule has 0 aromatic heterocycles. The highest BCUT2D eigenvalue weighted by Gasteiger charge is 2.33. The van der Waals surface area contributed by atoms with Gasteiger partial charge in [0.1, 0.15) is 5.54 Å². The third kappa shape index (κ3) is 5.83. The number of carbonyl (C=O) groups excluding carboxylic acids is 2. The van der Waals surface area contributed by atoms with Crippen LogP contribution in [0.3, 0.4) is 0 Å². The first-order chi connectivity index (χ1) is 15.7. The molecule has 0 spiro atoms. The topological polar surface area (TPSA) is 117 Å². The van der Waals surface area contributed by atoms with E-state index in [1.54, 1.807) is 18.2 Å². The summed E-state index contributed by atoms with van der Waals surface area (Å²) in [5.74, 6) is -1.42. The van der Waals surface area contributed by atoms with Crippen LogP contribution in [-0.2, 0) is 19.6 Å². The summed E-state index contributed by atoms with van der Waals surface area (Å²) in [6.45, 7) is -0.568. The normalized spacial score (nSPS) is 15.2. The molecule has 10 heteroatoms. The zero-order valence-corrected chi connectivity index (χ0v) is 19.7. The van der Waals surface area contributed by atoms with E-state index in [0.717, 1.165) is 23.6 Å². The van der Waals surface area contributed by atoms with Crippen LogP contribution in [0.2, 0.25) is 5.02 Å². The summed E-state index contributed by atoms with van der Waals surface area (Å²) in [4.78, 5) is 24.6. The van der Waals surface area contributed by atoms with Crippen LogP contribution in [0.1, 0.15) is 42.5 Å². The molecule has 8 nitrogen and oxygen atoms in total. The summed E-state index contributed by atoms with van der Waals surface area (Å²) in [7, 11) is -2.59. The standard InChI is InChI=1S/C23H24ClN3O5S/c1-27(19-9-6-8-18(24)14-19)33(30,31)20-10-5-7-17(13-20)22(29)32-15-21(28)26-23(16-25)11-3-2-4-12-23/h5-10,13-14H,2-4,11-12,15H2,1H3,(H,26,28). The Morgan fingerprint density at radius 2 is 1.85 bits per heavy atom. The number of anilines is 1. The molecule has 33 heavy (non-hydrogen) atoms. The van der Waals surface area contributed by atoms with E-state index in [4.69, 9.17) is 16.3 Å². The van der Waals surface area contributed by atoms with Crippen LogP contribution in [0, 0.1) is 11.3 Å². The molecule has 2 aromatic carbocycles. The maximum absolute atomic E-state index is 13.0. The lowest BCUT2D eigenvalue weighted by Gasteiger charge is -2.31. The number of hydrogen-bond donors (Lipinski definition) is 1. The second-order valence-corrected chi connectivity index (χ2v) is 10.3. The number of nitrogens with one attached hydrogen (secondary N) is 1. The van der Waals surface area contributed by atoms with Gasteiger partial charge in [-0.3, -0.25) is 9.10 Å². The van der Waals surface area contributed by atoms with Gasteiger partial charge < -0.3 is 10.1 Å². The summed E-state index contributed by atoms with van der Waals surface area (Å²) < 4.78 is 32.1. The van der Waals surface area contributed by atoms with E-state index in [9.17, 15) is 23.3 Å². The van der Waals surface area contributed by atoms with E-state index in [1.165, 1.54) is 37.4 Å². The highest BCUT2D eigenvalue weighted by molar-refractivity contribution is 7.92. The van der Waals surface area contributed by atoms with Crippen LogP contribution in [0.5, 0.6) is 0 Å². The number of hydrogen-bond acceptors (Lipinski definition) is 6. The van der Waals surface area contributed by atoms with Crippen molar-refractivity contribution in [2.45, 2.75) is 42.5 Å². The lowest BCUT2D eigenvalue weighted by molar-refractivity contribution is -0.125. The van der Waals surface area contributed by atoms with E-state index in [0.29, 0.717) is 23.6 Å². The highest BCUT2D eigenvalue weighted by atomic mass is 35.5. The molecule has 1 aliphatic rings. The Kier molecular flexibility index (Phi) is 7.61. The summed E-state index contributed by atoms with van der Waals surface area (Å²) in [6, 6.07) is 13.9. The number of amides is 1. The zero-order chi connectivity index (χ0) is 24.1. The lowest BCUT2D eigenvalue weighted by Crippen LogP contribution is -2.50. The molecule has 1 saturated carbocycles. The molecule has 174 valence electrons. The van der Waals surface area contributed by atoms with Crippen LogP contribution in [0.4, 0.5) is 5.69 Å². The molecule has 0 radical (unpaired) electrons. The van der Waals surface area contributed by atoms with Crippen LogP contribution < -0.4 is 9.62 Å². The first kappa shape index (κ1) is 24.6. The largest absolute Gasteiger partial charge is 0.452 e. The van der Waals surface area contributed by atoms with Gasteiger partial charge in [-0.05, 0) is 49.2 Å². The quantitative estimate of drug-likeness (QED) is 0.593. The average molecular weight is 490 g/mol. The second-order valence-electron chi connectivity index (χ2n) is 7.86. The molecular weight excluding hydrogens is 466 g/mol. The number of rotatable bonds is 7.